The zero-order valence-corrected chi connectivity index (χ0v) is 18.5. The SMILES string of the molecule is COc1ccc(NS(=O)(=O)c2ccc(OCC(=O)Nc3cccc(Cl)c3C)cc2)cc1. The summed E-state index contributed by atoms with van der Waals surface area (Å²) < 4.78 is 38.1. The molecule has 9 heteroatoms. The minimum Gasteiger partial charge on any atom is -0.497 e. The summed E-state index contributed by atoms with van der Waals surface area (Å²) >= 11 is 6.04. The fourth-order valence-corrected chi connectivity index (χ4v) is 3.90. The predicted octanol–water partition coefficient (Wildman–Crippen LogP) is 4.48. The van der Waals surface area contributed by atoms with Crippen LogP contribution in [0.1, 0.15) is 5.56 Å². The Bertz CT molecular complexity index is 1160. The number of hydrogen-bond donors (Lipinski definition) is 2. The van der Waals surface area contributed by atoms with Gasteiger partial charge in [-0.15, -0.1) is 0 Å². The molecule has 0 saturated heterocycles. The summed E-state index contributed by atoms with van der Waals surface area (Å²) in [5.41, 5.74) is 1.78. The molecule has 0 aliphatic rings. The van der Waals surface area contributed by atoms with Gasteiger partial charge in [0.25, 0.3) is 15.9 Å². The van der Waals surface area contributed by atoms with E-state index in [0.717, 1.165) is 5.56 Å². The van der Waals surface area contributed by atoms with Crippen LogP contribution in [-0.2, 0) is 14.8 Å². The van der Waals surface area contributed by atoms with Crippen molar-refractivity contribution in [3.8, 4) is 11.5 Å². The lowest BCUT2D eigenvalue weighted by atomic mass is 10.2. The van der Waals surface area contributed by atoms with Crippen molar-refractivity contribution in [1.82, 2.24) is 0 Å². The van der Waals surface area contributed by atoms with E-state index in [9.17, 15) is 13.2 Å². The highest BCUT2D eigenvalue weighted by Crippen LogP contribution is 2.23. The van der Waals surface area contributed by atoms with Crippen molar-refractivity contribution < 1.29 is 22.7 Å². The van der Waals surface area contributed by atoms with Crippen LogP contribution in [0.2, 0.25) is 5.02 Å². The average molecular weight is 461 g/mol. The van der Waals surface area contributed by atoms with E-state index in [2.05, 4.69) is 10.0 Å². The van der Waals surface area contributed by atoms with Crippen LogP contribution in [0.5, 0.6) is 11.5 Å². The molecular weight excluding hydrogens is 440 g/mol. The first kappa shape index (κ1) is 22.5. The highest BCUT2D eigenvalue weighted by Gasteiger charge is 2.15. The third-order valence-electron chi connectivity index (χ3n) is 4.39. The summed E-state index contributed by atoms with van der Waals surface area (Å²) in [4.78, 5) is 12.2. The molecule has 0 radical (unpaired) electrons. The molecule has 2 N–H and O–H groups in total. The molecule has 0 spiro atoms. The van der Waals surface area contributed by atoms with E-state index in [1.807, 2.05) is 0 Å². The van der Waals surface area contributed by atoms with Gasteiger partial charge in [-0.05, 0) is 73.2 Å². The molecule has 0 aromatic heterocycles. The number of carbonyl (C=O) groups excluding carboxylic acids is 1. The monoisotopic (exact) mass is 460 g/mol. The number of carbonyl (C=O) groups is 1. The minimum absolute atomic E-state index is 0.0645. The van der Waals surface area contributed by atoms with Crippen LogP contribution in [0.15, 0.2) is 71.6 Å². The second kappa shape index (κ2) is 9.72. The Morgan fingerprint density at radius 2 is 1.61 bits per heavy atom. The molecule has 3 rings (SSSR count). The lowest BCUT2D eigenvalue weighted by molar-refractivity contribution is -0.118. The first-order chi connectivity index (χ1) is 14.8. The number of methoxy groups -OCH3 is 1. The Hall–Kier alpha value is -3.23. The van der Waals surface area contributed by atoms with Crippen LogP contribution in [0, 0.1) is 6.92 Å². The molecule has 31 heavy (non-hydrogen) atoms. The molecule has 0 aliphatic heterocycles. The van der Waals surface area contributed by atoms with Gasteiger partial charge in [0.1, 0.15) is 11.5 Å². The van der Waals surface area contributed by atoms with Gasteiger partial charge in [-0.3, -0.25) is 9.52 Å². The van der Waals surface area contributed by atoms with Gasteiger partial charge >= 0.3 is 0 Å². The topological polar surface area (TPSA) is 93.7 Å². The number of amides is 1. The largest absolute Gasteiger partial charge is 0.497 e. The summed E-state index contributed by atoms with van der Waals surface area (Å²) in [5.74, 6) is 0.628. The molecule has 3 aromatic rings. The Labute approximate surface area is 186 Å². The number of sulfonamides is 1. The lowest BCUT2D eigenvalue weighted by Gasteiger charge is -2.11. The van der Waals surface area contributed by atoms with E-state index in [1.54, 1.807) is 49.4 Å². The number of halogens is 1. The number of ether oxygens (including phenoxy) is 2. The van der Waals surface area contributed by atoms with E-state index >= 15 is 0 Å². The van der Waals surface area contributed by atoms with Gasteiger partial charge < -0.3 is 14.8 Å². The van der Waals surface area contributed by atoms with Gasteiger partial charge in [0.15, 0.2) is 6.61 Å². The average Bonchev–Trinajstić information content (AvgIpc) is 2.76. The third-order valence-corrected chi connectivity index (χ3v) is 6.19. The Morgan fingerprint density at radius 1 is 0.968 bits per heavy atom. The Kier molecular flexibility index (Phi) is 7.04. The van der Waals surface area contributed by atoms with Crippen LogP contribution in [0.25, 0.3) is 0 Å². The highest BCUT2D eigenvalue weighted by molar-refractivity contribution is 7.92. The van der Waals surface area contributed by atoms with Crippen LogP contribution in [0.3, 0.4) is 0 Å². The Balaban J connectivity index is 1.58. The van der Waals surface area contributed by atoms with Crippen molar-refractivity contribution >= 4 is 38.9 Å². The zero-order valence-electron chi connectivity index (χ0n) is 16.9. The number of benzene rings is 3. The number of hydrogen-bond acceptors (Lipinski definition) is 5. The summed E-state index contributed by atoms with van der Waals surface area (Å²) in [6.07, 6.45) is 0. The van der Waals surface area contributed by atoms with Crippen molar-refractivity contribution in [2.45, 2.75) is 11.8 Å². The van der Waals surface area contributed by atoms with Gasteiger partial charge in [-0.1, -0.05) is 17.7 Å². The molecule has 0 unspecified atom stereocenters. The molecule has 0 saturated carbocycles. The molecule has 7 nitrogen and oxygen atoms in total. The summed E-state index contributed by atoms with van der Waals surface area (Å²) in [6, 6.07) is 17.5. The maximum Gasteiger partial charge on any atom is 0.262 e. The van der Waals surface area contributed by atoms with Crippen LogP contribution < -0.4 is 19.5 Å². The van der Waals surface area contributed by atoms with Gasteiger partial charge in [0.05, 0.1) is 12.0 Å². The first-order valence-corrected chi connectivity index (χ1v) is 11.1. The maximum absolute atomic E-state index is 12.5. The maximum atomic E-state index is 12.5. The smallest absolute Gasteiger partial charge is 0.262 e. The minimum atomic E-state index is -3.77. The van der Waals surface area contributed by atoms with Crippen molar-refractivity contribution in [2.75, 3.05) is 23.8 Å². The van der Waals surface area contributed by atoms with Gasteiger partial charge in [-0.2, -0.15) is 0 Å². The molecular formula is C22H21ClN2O5S. The lowest BCUT2D eigenvalue weighted by Crippen LogP contribution is -2.20. The molecule has 162 valence electrons. The summed E-state index contributed by atoms with van der Waals surface area (Å²) in [7, 11) is -2.24. The summed E-state index contributed by atoms with van der Waals surface area (Å²) in [6.45, 7) is 1.57. The van der Waals surface area contributed by atoms with Crippen LogP contribution in [0.4, 0.5) is 11.4 Å². The number of anilines is 2. The van der Waals surface area contributed by atoms with Gasteiger partial charge in [0.2, 0.25) is 0 Å². The molecule has 1 amide bonds. The first-order valence-electron chi connectivity index (χ1n) is 9.23. The van der Waals surface area contributed by atoms with E-state index in [1.165, 1.54) is 31.4 Å². The molecule has 0 bridgehead atoms. The van der Waals surface area contributed by atoms with Crippen LogP contribution in [-0.4, -0.2) is 28.0 Å². The van der Waals surface area contributed by atoms with Crippen molar-refractivity contribution in [3.05, 3.63) is 77.3 Å². The second-order valence-corrected chi connectivity index (χ2v) is 8.64. The van der Waals surface area contributed by atoms with Crippen molar-refractivity contribution in [3.63, 3.8) is 0 Å². The number of rotatable bonds is 8. The molecule has 0 aliphatic carbocycles. The fraction of sp³-hybridized carbons (Fsp3) is 0.136. The van der Waals surface area contributed by atoms with Crippen molar-refractivity contribution in [2.24, 2.45) is 0 Å². The van der Waals surface area contributed by atoms with Gasteiger partial charge in [0, 0.05) is 16.4 Å². The fourth-order valence-electron chi connectivity index (χ4n) is 2.67. The molecule has 0 atom stereocenters. The summed E-state index contributed by atoms with van der Waals surface area (Å²) in [5, 5.41) is 3.28. The Morgan fingerprint density at radius 3 is 2.26 bits per heavy atom. The second-order valence-electron chi connectivity index (χ2n) is 6.55. The zero-order chi connectivity index (χ0) is 22.4. The van der Waals surface area contributed by atoms with E-state index in [4.69, 9.17) is 21.1 Å². The normalized spacial score (nSPS) is 10.9. The standard InChI is InChI=1S/C22H21ClN2O5S/c1-15-20(23)4-3-5-21(15)24-22(26)14-30-18-10-12-19(13-11-18)31(27,28)25-16-6-8-17(29-2)9-7-16/h3-13,25H,14H2,1-2H3,(H,24,26). The van der Waals surface area contributed by atoms with Gasteiger partial charge in [-0.25, -0.2) is 8.42 Å². The predicted molar refractivity (Wildman–Crippen MR) is 121 cm³/mol. The molecule has 0 fully saturated rings. The highest BCUT2D eigenvalue weighted by atomic mass is 35.5. The van der Waals surface area contributed by atoms with Crippen LogP contribution >= 0.6 is 11.6 Å². The van der Waals surface area contributed by atoms with E-state index in [0.29, 0.717) is 27.9 Å². The quantitative estimate of drug-likeness (QED) is 0.517. The van der Waals surface area contributed by atoms with Crippen molar-refractivity contribution in [1.29, 1.82) is 0 Å². The third kappa shape index (κ3) is 5.90. The van der Waals surface area contributed by atoms with E-state index < -0.39 is 10.0 Å². The molecule has 3 aromatic carbocycles. The molecule has 0 heterocycles. The number of nitrogens with one attached hydrogen (secondary N) is 2. The van der Waals surface area contributed by atoms with E-state index in [-0.39, 0.29) is 17.4 Å².